The van der Waals surface area contributed by atoms with Crippen molar-refractivity contribution in [2.45, 2.75) is 19.8 Å². The fourth-order valence-corrected chi connectivity index (χ4v) is 1.64. The van der Waals surface area contributed by atoms with Crippen molar-refractivity contribution in [3.8, 4) is 0 Å². The largest absolute Gasteiger partial charge is 0.465 e. The molecule has 0 N–H and O–H groups in total. The van der Waals surface area contributed by atoms with Crippen LogP contribution < -0.4 is 0 Å². The van der Waals surface area contributed by atoms with Gasteiger partial charge in [0.15, 0.2) is 5.92 Å². The molecule has 0 saturated carbocycles. The summed E-state index contributed by atoms with van der Waals surface area (Å²) in [5.74, 6) is -2.57. The molecule has 0 spiro atoms. The van der Waals surface area contributed by atoms with Crippen molar-refractivity contribution in [2.75, 3.05) is 13.2 Å². The van der Waals surface area contributed by atoms with E-state index in [0.717, 1.165) is 0 Å². The minimum Gasteiger partial charge on any atom is -0.465 e. The zero-order valence-electron chi connectivity index (χ0n) is 10.2. The Morgan fingerprint density at radius 2 is 1.83 bits per heavy atom. The van der Waals surface area contributed by atoms with Crippen LogP contribution in [0.2, 0.25) is 5.15 Å². The predicted octanol–water partition coefficient (Wildman–Crippen LogP) is 1.94. The van der Waals surface area contributed by atoms with Gasteiger partial charge in [0.05, 0.1) is 13.2 Å². The summed E-state index contributed by atoms with van der Waals surface area (Å²) >= 11 is 5.88. The van der Waals surface area contributed by atoms with Crippen LogP contribution in [0.25, 0.3) is 0 Å². The lowest BCUT2D eigenvalue weighted by Crippen LogP contribution is -2.26. The van der Waals surface area contributed by atoms with Gasteiger partial charge >= 0.3 is 11.9 Å². The SMILES string of the molecule is CCOC(=O)C(C(=O)OCC)c1cccnc1Cl. The van der Waals surface area contributed by atoms with Crippen molar-refractivity contribution in [1.29, 1.82) is 0 Å². The van der Waals surface area contributed by atoms with Gasteiger partial charge in [-0.15, -0.1) is 0 Å². The zero-order valence-corrected chi connectivity index (χ0v) is 10.9. The monoisotopic (exact) mass is 271 g/mol. The molecule has 0 radical (unpaired) electrons. The van der Waals surface area contributed by atoms with E-state index in [-0.39, 0.29) is 23.9 Å². The van der Waals surface area contributed by atoms with Gasteiger partial charge in [-0.05, 0) is 19.9 Å². The molecule has 18 heavy (non-hydrogen) atoms. The lowest BCUT2D eigenvalue weighted by Gasteiger charge is -2.15. The molecule has 0 saturated heterocycles. The Morgan fingerprint density at radius 1 is 1.28 bits per heavy atom. The first-order valence-electron chi connectivity index (χ1n) is 5.55. The fraction of sp³-hybridized carbons (Fsp3) is 0.417. The van der Waals surface area contributed by atoms with Crippen molar-refractivity contribution in [3.05, 3.63) is 29.0 Å². The maximum Gasteiger partial charge on any atom is 0.325 e. The third kappa shape index (κ3) is 3.43. The molecule has 1 heterocycles. The molecule has 0 bridgehead atoms. The van der Waals surface area contributed by atoms with Crippen LogP contribution >= 0.6 is 11.6 Å². The summed E-state index contributed by atoms with van der Waals surface area (Å²) in [6.07, 6.45) is 1.47. The van der Waals surface area contributed by atoms with Gasteiger partial charge in [0.1, 0.15) is 5.15 Å². The van der Waals surface area contributed by atoms with Crippen LogP contribution in [0, 0.1) is 0 Å². The smallest absolute Gasteiger partial charge is 0.325 e. The van der Waals surface area contributed by atoms with Gasteiger partial charge in [0.2, 0.25) is 0 Å². The van der Waals surface area contributed by atoms with Crippen LogP contribution in [-0.4, -0.2) is 30.1 Å². The third-order valence-corrected chi connectivity index (χ3v) is 2.46. The highest BCUT2D eigenvalue weighted by atomic mass is 35.5. The molecule has 0 aromatic carbocycles. The number of pyridine rings is 1. The van der Waals surface area contributed by atoms with Gasteiger partial charge in [0, 0.05) is 11.8 Å². The molecule has 0 amide bonds. The molecule has 0 aliphatic heterocycles. The highest BCUT2D eigenvalue weighted by Crippen LogP contribution is 2.25. The van der Waals surface area contributed by atoms with E-state index in [1.807, 2.05) is 0 Å². The number of hydrogen-bond acceptors (Lipinski definition) is 5. The topological polar surface area (TPSA) is 65.5 Å². The predicted molar refractivity (Wildman–Crippen MR) is 65.3 cm³/mol. The first kappa shape index (κ1) is 14.4. The number of hydrogen-bond donors (Lipinski definition) is 0. The molecule has 6 heteroatoms. The Hall–Kier alpha value is -1.62. The fourth-order valence-electron chi connectivity index (χ4n) is 1.42. The summed E-state index contributed by atoms with van der Waals surface area (Å²) in [6.45, 7) is 3.66. The van der Waals surface area contributed by atoms with Gasteiger partial charge in [-0.2, -0.15) is 0 Å². The number of halogens is 1. The summed E-state index contributed by atoms with van der Waals surface area (Å²) in [5.41, 5.74) is 0.288. The molecular weight excluding hydrogens is 258 g/mol. The molecule has 1 rings (SSSR count). The first-order chi connectivity index (χ1) is 8.61. The van der Waals surface area contributed by atoms with E-state index in [1.54, 1.807) is 26.0 Å². The summed E-state index contributed by atoms with van der Waals surface area (Å²) in [7, 11) is 0. The molecule has 0 atom stereocenters. The van der Waals surface area contributed by atoms with E-state index in [1.165, 1.54) is 6.20 Å². The van der Waals surface area contributed by atoms with Crippen LogP contribution in [0.15, 0.2) is 18.3 Å². The van der Waals surface area contributed by atoms with E-state index in [4.69, 9.17) is 21.1 Å². The summed E-state index contributed by atoms with van der Waals surface area (Å²) < 4.78 is 9.71. The minimum absolute atomic E-state index is 0.0867. The Labute approximate surface area is 110 Å². The van der Waals surface area contributed by atoms with Crippen molar-refractivity contribution in [1.82, 2.24) is 4.98 Å². The van der Waals surface area contributed by atoms with Gasteiger partial charge < -0.3 is 9.47 Å². The lowest BCUT2D eigenvalue weighted by atomic mass is 10.0. The molecule has 1 aromatic rings. The second-order valence-corrected chi connectivity index (χ2v) is 3.68. The maximum absolute atomic E-state index is 11.8. The van der Waals surface area contributed by atoms with Crippen LogP contribution in [0.3, 0.4) is 0 Å². The van der Waals surface area contributed by atoms with E-state index < -0.39 is 17.9 Å². The molecule has 0 unspecified atom stereocenters. The highest BCUT2D eigenvalue weighted by molar-refractivity contribution is 6.30. The van der Waals surface area contributed by atoms with E-state index in [2.05, 4.69) is 4.98 Å². The Kier molecular flexibility index (Phi) is 5.58. The van der Waals surface area contributed by atoms with Crippen molar-refractivity contribution in [3.63, 3.8) is 0 Å². The van der Waals surface area contributed by atoms with Gasteiger partial charge in [-0.3, -0.25) is 9.59 Å². The first-order valence-corrected chi connectivity index (χ1v) is 5.93. The molecule has 0 fully saturated rings. The quantitative estimate of drug-likeness (QED) is 0.465. The Balaban J connectivity index is 3.08. The molecule has 5 nitrogen and oxygen atoms in total. The average Bonchev–Trinajstić information content (AvgIpc) is 2.33. The van der Waals surface area contributed by atoms with Crippen molar-refractivity contribution in [2.24, 2.45) is 0 Å². The molecule has 0 aliphatic carbocycles. The number of esters is 2. The number of aromatic nitrogens is 1. The highest BCUT2D eigenvalue weighted by Gasteiger charge is 2.33. The van der Waals surface area contributed by atoms with Gasteiger partial charge in [-0.1, -0.05) is 17.7 Å². The van der Waals surface area contributed by atoms with Crippen LogP contribution in [-0.2, 0) is 19.1 Å². The van der Waals surface area contributed by atoms with Crippen LogP contribution in [0.5, 0.6) is 0 Å². The maximum atomic E-state index is 11.8. The summed E-state index contributed by atoms with van der Waals surface area (Å²) in [5, 5.41) is 0.0867. The lowest BCUT2D eigenvalue weighted by molar-refractivity contribution is -0.156. The zero-order chi connectivity index (χ0) is 13.5. The van der Waals surface area contributed by atoms with Crippen molar-refractivity contribution < 1.29 is 19.1 Å². The molecule has 1 aromatic heterocycles. The minimum atomic E-state index is -1.19. The standard InChI is InChI=1S/C12H14ClNO4/c1-3-17-11(15)9(12(16)18-4-2)8-6-5-7-14-10(8)13/h5-7,9H,3-4H2,1-2H3. The Bertz CT molecular complexity index is 418. The second kappa shape index (κ2) is 6.96. The number of rotatable bonds is 5. The van der Waals surface area contributed by atoms with Gasteiger partial charge in [0.25, 0.3) is 0 Å². The number of carbonyl (C=O) groups is 2. The van der Waals surface area contributed by atoms with E-state index >= 15 is 0 Å². The van der Waals surface area contributed by atoms with E-state index in [9.17, 15) is 9.59 Å². The molecule has 0 aliphatic rings. The molecule has 98 valence electrons. The van der Waals surface area contributed by atoms with Gasteiger partial charge in [-0.25, -0.2) is 4.98 Å². The molecular formula is C12H14ClNO4. The van der Waals surface area contributed by atoms with Crippen LogP contribution in [0.1, 0.15) is 25.3 Å². The normalized spacial score (nSPS) is 10.2. The summed E-state index contributed by atoms with van der Waals surface area (Å²) in [6, 6.07) is 3.14. The van der Waals surface area contributed by atoms with Crippen LogP contribution in [0.4, 0.5) is 0 Å². The number of ether oxygens (including phenoxy) is 2. The Morgan fingerprint density at radius 3 is 2.28 bits per heavy atom. The number of carbonyl (C=O) groups excluding carboxylic acids is 2. The summed E-state index contributed by atoms with van der Waals surface area (Å²) in [4.78, 5) is 27.4. The van der Waals surface area contributed by atoms with Crippen molar-refractivity contribution >= 4 is 23.5 Å². The average molecular weight is 272 g/mol. The van der Waals surface area contributed by atoms with E-state index in [0.29, 0.717) is 0 Å². The number of nitrogens with zero attached hydrogens (tertiary/aromatic N) is 1. The second-order valence-electron chi connectivity index (χ2n) is 3.32. The third-order valence-electron chi connectivity index (χ3n) is 2.14.